The lowest BCUT2D eigenvalue weighted by Gasteiger charge is -2.18. The van der Waals surface area contributed by atoms with Crippen molar-refractivity contribution in [3.63, 3.8) is 0 Å². The lowest BCUT2D eigenvalue weighted by atomic mass is 10.1. The number of anilines is 1. The number of halogens is 2. The van der Waals surface area contributed by atoms with Crippen LogP contribution < -0.4 is 11.1 Å². The van der Waals surface area contributed by atoms with E-state index in [0.717, 1.165) is 17.3 Å². The number of hydrogen-bond donors (Lipinski definition) is 2. The Labute approximate surface area is 121 Å². The van der Waals surface area contributed by atoms with Crippen molar-refractivity contribution in [2.75, 3.05) is 5.32 Å². The van der Waals surface area contributed by atoms with Gasteiger partial charge in [0, 0.05) is 23.4 Å². The predicted molar refractivity (Wildman–Crippen MR) is 78.1 cm³/mol. The van der Waals surface area contributed by atoms with Crippen LogP contribution in [0.3, 0.4) is 0 Å². The Hall–Kier alpha value is -2.43. The van der Waals surface area contributed by atoms with Crippen molar-refractivity contribution in [1.82, 2.24) is 0 Å². The first kappa shape index (κ1) is 15.0. The zero-order chi connectivity index (χ0) is 15.6. The molecule has 0 heterocycles. The molecule has 1 atom stereocenters. The maximum Gasteiger partial charge on any atom is 0.248 e. The van der Waals surface area contributed by atoms with Gasteiger partial charge in [0.05, 0.1) is 0 Å². The second-order valence-electron chi connectivity index (χ2n) is 4.96. The van der Waals surface area contributed by atoms with E-state index >= 15 is 0 Å². The molecule has 110 valence electrons. The molecule has 3 nitrogen and oxygen atoms in total. The fraction of sp³-hybridized carbons (Fsp3) is 0.188. The summed E-state index contributed by atoms with van der Waals surface area (Å²) < 4.78 is 26.5. The molecular weight excluding hydrogens is 274 g/mol. The summed E-state index contributed by atoms with van der Waals surface area (Å²) in [4.78, 5) is 11.1. The highest BCUT2D eigenvalue weighted by molar-refractivity contribution is 5.93. The average Bonchev–Trinajstić information content (AvgIpc) is 2.39. The molecule has 0 radical (unpaired) electrons. The monoisotopic (exact) mass is 290 g/mol. The van der Waals surface area contributed by atoms with Crippen LogP contribution in [0.15, 0.2) is 36.4 Å². The molecular formula is C16H16F2N2O. The Kier molecular flexibility index (Phi) is 4.21. The van der Waals surface area contributed by atoms with Gasteiger partial charge in [0.25, 0.3) is 0 Å². The number of hydrogen-bond acceptors (Lipinski definition) is 2. The van der Waals surface area contributed by atoms with E-state index in [2.05, 4.69) is 5.32 Å². The molecule has 0 fully saturated rings. The molecule has 2 aromatic rings. The van der Waals surface area contributed by atoms with Crippen molar-refractivity contribution in [2.24, 2.45) is 5.73 Å². The van der Waals surface area contributed by atoms with Gasteiger partial charge in [-0.2, -0.15) is 0 Å². The Morgan fingerprint density at radius 1 is 1.14 bits per heavy atom. The van der Waals surface area contributed by atoms with Gasteiger partial charge in [-0.25, -0.2) is 8.78 Å². The van der Waals surface area contributed by atoms with Gasteiger partial charge in [0.15, 0.2) is 0 Å². The van der Waals surface area contributed by atoms with Gasteiger partial charge in [-0.05, 0) is 55.3 Å². The normalized spacial score (nSPS) is 12.0. The van der Waals surface area contributed by atoms with Crippen molar-refractivity contribution < 1.29 is 13.6 Å². The molecule has 0 saturated heterocycles. The summed E-state index contributed by atoms with van der Waals surface area (Å²) >= 11 is 0. The van der Waals surface area contributed by atoms with Gasteiger partial charge < -0.3 is 11.1 Å². The molecule has 0 aliphatic heterocycles. The summed E-state index contributed by atoms with van der Waals surface area (Å²) in [5, 5.41) is 3.16. The first-order valence-corrected chi connectivity index (χ1v) is 6.50. The maximum absolute atomic E-state index is 13.2. The van der Waals surface area contributed by atoms with E-state index in [1.165, 1.54) is 12.1 Å². The van der Waals surface area contributed by atoms with Crippen LogP contribution in [-0.4, -0.2) is 5.91 Å². The minimum atomic E-state index is -0.612. The Bertz CT molecular complexity index is 666. The van der Waals surface area contributed by atoms with E-state index in [0.29, 0.717) is 11.1 Å². The zero-order valence-corrected chi connectivity index (χ0v) is 11.8. The largest absolute Gasteiger partial charge is 0.378 e. The topological polar surface area (TPSA) is 55.1 Å². The first-order chi connectivity index (χ1) is 9.86. The number of primary amides is 1. The van der Waals surface area contributed by atoms with Crippen LogP contribution in [0.25, 0.3) is 0 Å². The van der Waals surface area contributed by atoms with E-state index in [9.17, 15) is 13.6 Å². The molecule has 21 heavy (non-hydrogen) atoms. The van der Waals surface area contributed by atoms with Gasteiger partial charge >= 0.3 is 0 Å². The second-order valence-corrected chi connectivity index (χ2v) is 4.96. The highest BCUT2D eigenvalue weighted by Crippen LogP contribution is 2.24. The maximum atomic E-state index is 13.2. The minimum Gasteiger partial charge on any atom is -0.378 e. The van der Waals surface area contributed by atoms with Crippen LogP contribution in [0.4, 0.5) is 14.5 Å². The van der Waals surface area contributed by atoms with Gasteiger partial charge in [-0.15, -0.1) is 0 Å². The molecule has 1 unspecified atom stereocenters. The van der Waals surface area contributed by atoms with Gasteiger partial charge in [-0.1, -0.05) is 0 Å². The molecule has 0 aliphatic carbocycles. The Morgan fingerprint density at radius 2 is 1.76 bits per heavy atom. The van der Waals surface area contributed by atoms with Crippen molar-refractivity contribution in [1.29, 1.82) is 0 Å². The van der Waals surface area contributed by atoms with E-state index < -0.39 is 17.5 Å². The van der Waals surface area contributed by atoms with E-state index in [1.807, 2.05) is 6.92 Å². The molecule has 0 bridgehead atoms. The third-order valence-corrected chi connectivity index (χ3v) is 3.27. The molecule has 2 rings (SSSR count). The standard InChI is InChI=1S/C16H16F2N2O/c1-9-5-11(16(19)21)3-4-15(9)20-10(2)12-6-13(17)8-14(18)7-12/h3-8,10,20H,1-2H3,(H2,19,21). The molecule has 0 saturated carbocycles. The third-order valence-electron chi connectivity index (χ3n) is 3.27. The SMILES string of the molecule is Cc1cc(C(N)=O)ccc1NC(C)c1cc(F)cc(F)c1. The highest BCUT2D eigenvalue weighted by Gasteiger charge is 2.11. The molecule has 0 spiro atoms. The van der Waals surface area contributed by atoms with Crippen molar-refractivity contribution in [2.45, 2.75) is 19.9 Å². The van der Waals surface area contributed by atoms with Crippen molar-refractivity contribution in [3.8, 4) is 0 Å². The number of aryl methyl sites for hydroxylation is 1. The molecule has 1 amide bonds. The quantitative estimate of drug-likeness (QED) is 0.904. The van der Waals surface area contributed by atoms with Crippen molar-refractivity contribution >= 4 is 11.6 Å². The molecule has 0 aromatic heterocycles. The number of benzene rings is 2. The molecule has 5 heteroatoms. The van der Waals surface area contributed by atoms with Crippen LogP contribution in [0.2, 0.25) is 0 Å². The van der Waals surface area contributed by atoms with Crippen molar-refractivity contribution in [3.05, 3.63) is 64.7 Å². The predicted octanol–water partition coefficient (Wildman–Crippen LogP) is 3.55. The number of nitrogens with one attached hydrogen (secondary N) is 1. The second kappa shape index (κ2) is 5.91. The number of amides is 1. The summed E-state index contributed by atoms with van der Waals surface area (Å²) in [6, 6.07) is 8.13. The van der Waals surface area contributed by atoms with Crippen LogP contribution in [0, 0.1) is 18.6 Å². The highest BCUT2D eigenvalue weighted by atomic mass is 19.1. The number of carbonyl (C=O) groups excluding carboxylic acids is 1. The van der Waals surface area contributed by atoms with Crippen LogP contribution in [0.1, 0.15) is 34.5 Å². The smallest absolute Gasteiger partial charge is 0.248 e. The number of carbonyl (C=O) groups is 1. The van der Waals surface area contributed by atoms with Gasteiger partial charge in [0.1, 0.15) is 11.6 Å². The Balaban J connectivity index is 2.23. The van der Waals surface area contributed by atoms with E-state index in [4.69, 9.17) is 5.73 Å². The Morgan fingerprint density at radius 3 is 2.29 bits per heavy atom. The molecule has 0 aliphatic rings. The first-order valence-electron chi connectivity index (χ1n) is 6.50. The summed E-state index contributed by atoms with van der Waals surface area (Å²) in [6.07, 6.45) is 0. The van der Waals surface area contributed by atoms with E-state index in [1.54, 1.807) is 25.1 Å². The zero-order valence-electron chi connectivity index (χ0n) is 11.8. The summed E-state index contributed by atoms with van der Waals surface area (Å²) in [5.74, 6) is -1.72. The minimum absolute atomic E-state index is 0.284. The van der Waals surface area contributed by atoms with Crippen LogP contribution in [-0.2, 0) is 0 Å². The number of rotatable bonds is 4. The fourth-order valence-corrected chi connectivity index (χ4v) is 2.12. The van der Waals surface area contributed by atoms with Gasteiger partial charge in [-0.3, -0.25) is 4.79 Å². The van der Waals surface area contributed by atoms with Crippen LogP contribution in [0.5, 0.6) is 0 Å². The summed E-state index contributed by atoms with van der Waals surface area (Å²) in [7, 11) is 0. The summed E-state index contributed by atoms with van der Waals surface area (Å²) in [5.41, 5.74) is 7.74. The van der Waals surface area contributed by atoms with E-state index in [-0.39, 0.29) is 6.04 Å². The molecule has 3 N–H and O–H groups in total. The lowest BCUT2D eigenvalue weighted by Crippen LogP contribution is -2.12. The average molecular weight is 290 g/mol. The number of nitrogens with two attached hydrogens (primary N) is 1. The fourth-order valence-electron chi connectivity index (χ4n) is 2.12. The van der Waals surface area contributed by atoms with Crippen LogP contribution >= 0.6 is 0 Å². The molecule has 2 aromatic carbocycles. The third kappa shape index (κ3) is 3.56. The van der Waals surface area contributed by atoms with Gasteiger partial charge in [0.2, 0.25) is 5.91 Å². The lowest BCUT2D eigenvalue weighted by molar-refractivity contribution is 0.1000. The summed E-state index contributed by atoms with van der Waals surface area (Å²) in [6.45, 7) is 3.63.